The van der Waals surface area contributed by atoms with Crippen LogP contribution in [0, 0.1) is 10.1 Å². The van der Waals surface area contributed by atoms with E-state index in [0.29, 0.717) is 5.56 Å². The SMILES string of the molecule is CC(=O)N1N=C(c2cccc(Br)c2)O[C@@H]1c1ccc([N+](=O)[O-])o1. The van der Waals surface area contributed by atoms with Crippen molar-refractivity contribution in [3.63, 3.8) is 0 Å². The van der Waals surface area contributed by atoms with E-state index in [1.54, 1.807) is 18.2 Å². The van der Waals surface area contributed by atoms with Crippen LogP contribution in [0.5, 0.6) is 0 Å². The van der Waals surface area contributed by atoms with Crippen molar-refractivity contribution < 1.29 is 18.9 Å². The molecule has 118 valence electrons. The Hall–Kier alpha value is -2.68. The molecule has 0 radical (unpaired) electrons. The largest absolute Gasteiger partial charge is 0.442 e. The Morgan fingerprint density at radius 1 is 1.39 bits per heavy atom. The maximum atomic E-state index is 11.8. The molecule has 0 spiro atoms. The molecule has 1 aliphatic rings. The first-order chi connectivity index (χ1) is 11.0. The van der Waals surface area contributed by atoms with Crippen LogP contribution in [0.15, 0.2) is 50.4 Å². The van der Waals surface area contributed by atoms with Gasteiger partial charge in [-0.1, -0.05) is 22.0 Å². The quantitative estimate of drug-likeness (QED) is 0.602. The Balaban J connectivity index is 1.93. The number of rotatable bonds is 3. The van der Waals surface area contributed by atoms with Crippen molar-refractivity contribution >= 4 is 33.6 Å². The highest BCUT2D eigenvalue weighted by Gasteiger charge is 2.36. The van der Waals surface area contributed by atoms with E-state index in [4.69, 9.17) is 9.15 Å². The van der Waals surface area contributed by atoms with Gasteiger partial charge in [-0.25, -0.2) is 0 Å². The molecule has 0 bridgehead atoms. The second-order valence-electron chi connectivity index (χ2n) is 4.68. The zero-order valence-electron chi connectivity index (χ0n) is 11.8. The van der Waals surface area contributed by atoms with E-state index in [2.05, 4.69) is 21.0 Å². The number of nitrogens with zero attached hydrogens (tertiary/aromatic N) is 3. The lowest BCUT2D eigenvalue weighted by Crippen LogP contribution is -2.24. The van der Waals surface area contributed by atoms with E-state index in [1.807, 2.05) is 6.07 Å². The second kappa shape index (κ2) is 5.84. The summed E-state index contributed by atoms with van der Waals surface area (Å²) in [6.07, 6.45) is -0.977. The average molecular weight is 380 g/mol. The number of hydrazone groups is 1. The molecule has 0 saturated heterocycles. The van der Waals surface area contributed by atoms with Gasteiger partial charge >= 0.3 is 5.88 Å². The summed E-state index contributed by atoms with van der Waals surface area (Å²) in [5.74, 6) is -0.451. The molecule has 1 aliphatic heterocycles. The normalized spacial score (nSPS) is 16.9. The van der Waals surface area contributed by atoms with Gasteiger partial charge in [-0.05, 0) is 24.3 Å². The van der Waals surface area contributed by atoms with Gasteiger partial charge in [-0.15, -0.1) is 5.10 Å². The molecule has 1 atom stereocenters. The molecule has 1 amide bonds. The smallest absolute Gasteiger partial charge is 0.433 e. The molecule has 3 rings (SSSR count). The molecule has 0 fully saturated rings. The van der Waals surface area contributed by atoms with Crippen molar-refractivity contribution in [1.29, 1.82) is 0 Å². The molecular formula is C14H10BrN3O5. The molecule has 0 N–H and O–H groups in total. The number of amides is 1. The fraction of sp³-hybridized carbons (Fsp3) is 0.143. The van der Waals surface area contributed by atoms with E-state index in [9.17, 15) is 14.9 Å². The number of hydrogen-bond donors (Lipinski definition) is 0. The highest BCUT2D eigenvalue weighted by Crippen LogP contribution is 2.33. The highest BCUT2D eigenvalue weighted by atomic mass is 79.9. The van der Waals surface area contributed by atoms with E-state index in [-0.39, 0.29) is 17.6 Å². The summed E-state index contributed by atoms with van der Waals surface area (Å²) < 4.78 is 11.6. The van der Waals surface area contributed by atoms with Crippen LogP contribution in [-0.2, 0) is 9.53 Å². The maximum absolute atomic E-state index is 11.8. The first kappa shape index (κ1) is 15.2. The van der Waals surface area contributed by atoms with Gasteiger partial charge in [0.2, 0.25) is 11.8 Å². The number of nitro groups is 1. The minimum atomic E-state index is -0.977. The van der Waals surface area contributed by atoms with Gasteiger partial charge in [0.05, 0.1) is 6.07 Å². The number of halogens is 1. The van der Waals surface area contributed by atoms with Crippen LogP contribution < -0.4 is 0 Å². The number of carbonyl (C=O) groups excluding carboxylic acids is 1. The third-order valence-electron chi connectivity index (χ3n) is 3.07. The van der Waals surface area contributed by atoms with Gasteiger partial charge in [0, 0.05) is 17.0 Å². The van der Waals surface area contributed by atoms with Crippen LogP contribution in [0.2, 0.25) is 0 Å². The van der Waals surface area contributed by atoms with Gasteiger partial charge in [0.25, 0.3) is 6.23 Å². The molecule has 23 heavy (non-hydrogen) atoms. The zero-order chi connectivity index (χ0) is 16.6. The summed E-state index contributed by atoms with van der Waals surface area (Å²) in [6.45, 7) is 1.32. The summed E-state index contributed by atoms with van der Waals surface area (Å²) in [4.78, 5) is 21.8. The maximum Gasteiger partial charge on any atom is 0.433 e. The fourth-order valence-corrected chi connectivity index (χ4v) is 2.46. The lowest BCUT2D eigenvalue weighted by Gasteiger charge is -2.16. The lowest BCUT2D eigenvalue weighted by atomic mass is 10.2. The lowest BCUT2D eigenvalue weighted by molar-refractivity contribution is -0.402. The summed E-state index contributed by atoms with van der Waals surface area (Å²) in [6, 6.07) is 9.79. The Morgan fingerprint density at radius 2 is 2.17 bits per heavy atom. The minimum Gasteiger partial charge on any atom is -0.442 e. The zero-order valence-corrected chi connectivity index (χ0v) is 13.4. The van der Waals surface area contributed by atoms with Crippen molar-refractivity contribution in [3.8, 4) is 0 Å². The predicted molar refractivity (Wildman–Crippen MR) is 82.4 cm³/mol. The Morgan fingerprint density at radius 3 is 2.78 bits per heavy atom. The van der Waals surface area contributed by atoms with Crippen LogP contribution in [0.25, 0.3) is 0 Å². The first-order valence-electron chi connectivity index (χ1n) is 6.51. The topological polar surface area (TPSA) is 98.2 Å². The van der Waals surface area contributed by atoms with Gasteiger partial charge in [-0.2, -0.15) is 5.01 Å². The van der Waals surface area contributed by atoms with Gasteiger partial charge in [-0.3, -0.25) is 14.9 Å². The summed E-state index contributed by atoms with van der Waals surface area (Å²) in [5, 5.41) is 15.9. The standard InChI is InChI=1S/C14H10BrN3O5/c1-8(19)17-14(11-5-6-12(22-11)18(20)21)23-13(16-17)9-3-2-4-10(15)7-9/h2-7,14H,1H3/t14-/m1/s1. The average Bonchev–Trinajstić information content (AvgIpc) is 3.14. The van der Waals surface area contributed by atoms with E-state index in [0.717, 1.165) is 9.48 Å². The molecule has 8 nitrogen and oxygen atoms in total. The fourth-order valence-electron chi connectivity index (χ4n) is 2.06. The number of furan rings is 1. The van der Waals surface area contributed by atoms with Crippen LogP contribution in [-0.4, -0.2) is 21.7 Å². The van der Waals surface area contributed by atoms with Crippen molar-refractivity contribution in [3.05, 3.63) is 62.3 Å². The summed E-state index contributed by atoms with van der Waals surface area (Å²) >= 11 is 3.35. The minimum absolute atomic E-state index is 0.126. The molecule has 0 unspecified atom stereocenters. The first-order valence-corrected chi connectivity index (χ1v) is 7.30. The molecule has 2 heterocycles. The van der Waals surface area contributed by atoms with E-state index in [1.165, 1.54) is 19.1 Å². The number of carbonyl (C=O) groups is 1. The Bertz CT molecular complexity index is 816. The molecule has 1 aromatic carbocycles. The van der Waals surface area contributed by atoms with Crippen molar-refractivity contribution in [2.75, 3.05) is 0 Å². The molecular weight excluding hydrogens is 370 g/mol. The number of hydrogen-bond acceptors (Lipinski definition) is 6. The molecule has 0 saturated carbocycles. The number of ether oxygens (including phenoxy) is 1. The van der Waals surface area contributed by atoms with E-state index >= 15 is 0 Å². The monoisotopic (exact) mass is 379 g/mol. The number of benzene rings is 1. The Kier molecular flexibility index (Phi) is 3.87. The molecule has 9 heteroatoms. The van der Waals surface area contributed by atoms with Crippen LogP contribution in [0.1, 0.15) is 24.5 Å². The summed E-state index contributed by atoms with van der Waals surface area (Å²) in [5.41, 5.74) is 0.661. The van der Waals surface area contributed by atoms with Crippen molar-refractivity contribution in [2.24, 2.45) is 5.10 Å². The van der Waals surface area contributed by atoms with E-state index < -0.39 is 17.0 Å². The molecule has 1 aromatic heterocycles. The van der Waals surface area contributed by atoms with Gasteiger partial charge in [0.15, 0.2) is 5.76 Å². The molecule has 0 aliphatic carbocycles. The highest BCUT2D eigenvalue weighted by molar-refractivity contribution is 9.10. The Labute approximate surface area is 138 Å². The van der Waals surface area contributed by atoms with Crippen molar-refractivity contribution in [1.82, 2.24) is 5.01 Å². The van der Waals surface area contributed by atoms with Crippen molar-refractivity contribution in [2.45, 2.75) is 13.2 Å². The third kappa shape index (κ3) is 2.95. The molecule has 2 aromatic rings. The predicted octanol–water partition coefficient (Wildman–Crippen LogP) is 3.19. The third-order valence-corrected chi connectivity index (χ3v) is 3.57. The van der Waals surface area contributed by atoms with Crippen LogP contribution in [0.4, 0.5) is 5.88 Å². The van der Waals surface area contributed by atoms with Gasteiger partial charge in [0.1, 0.15) is 4.92 Å². The van der Waals surface area contributed by atoms with Crippen LogP contribution >= 0.6 is 15.9 Å². The second-order valence-corrected chi connectivity index (χ2v) is 5.60. The summed E-state index contributed by atoms with van der Waals surface area (Å²) in [7, 11) is 0. The van der Waals surface area contributed by atoms with Crippen LogP contribution in [0.3, 0.4) is 0 Å². The van der Waals surface area contributed by atoms with Gasteiger partial charge < -0.3 is 9.15 Å².